The Morgan fingerprint density at radius 2 is 1.56 bits per heavy atom. The number of para-hydroxylation sites is 2. The third-order valence-corrected chi connectivity index (χ3v) is 3.56. The molecule has 0 bridgehead atoms. The summed E-state index contributed by atoms with van der Waals surface area (Å²) in [6.07, 6.45) is 1.45. The van der Waals surface area contributed by atoms with Gasteiger partial charge in [-0.1, -0.05) is 12.1 Å². The summed E-state index contributed by atoms with van der Waals surface area (Å²) in [4.78, 5) is 11.9. The summed E-state index contributed by atoms with van der Waals surface area (Å²) in [6.45, 7) is -0.208. The first-order chi connectivity index (χ1) is 13.1. The van der Waals surface area contributed by atoms with Crippen molar-refractivity contribution in [3.63, 3.8) is 0 Å². The number of benzene rings is 2. The van der Waals surface area contributed by atoms with Crippen LogP contribution in [0.2, 0.25) is 0 Å². The van der Waals surface area contributed by atoms with Gasteiger partial charge in [-0.05, 0) is 24.3 Å². The van der Waals surface area contributed by atoms with Crippen molar-refractivity contribution in [3.05, 3.63) is 42.0 Å². The van der Waals surface area contributed by atoms with Crippen LogP contribution in [0.25, 0.3) is 0 Å². The summed E-state index contributed by atoms with van der Waals surface area (Å²) in [5, 5.41) is 3.92. The van der Waals surface area contributed by atoms with Crippen LogP contribution in [-0.4, -0.2) is 47.2 Å². The molecule has 0 fully saturated rings. The zero-order chi connectivity index (χ0) is 19.6. The highest BCUT2D eigenvalue weighted by Crippen LogP contribution is 2.38. The van der Waals surface area contributed by atoms with Crippen molar-refractivity contribution in [2.24, 2.45) is 5.10 Å². The molecule has 0 aliphatic rings. The van der Waals surface area contributed by atoms with E-state index in [1.54, 1.807) is 30.3 Å². The maximum Gasteiger partial charge on any atom is 0.277 e. The van der Waals surface area contributed by atoms with E-state index in [9.17, 15) is 4.79 Å². The molecule has 2 aromatic carbocycles. The molecule has 0 aromatic heterocycles. The molecule has 0 aliphatic heterocycles. The number of rotatable bonds is 9. The summed E-state index contributed by atoms with van der Waals surface area (Å²) in [5.74, 6) is 2.01. The van der Waals surface area contributed by atoms with Crippen LogP contribution in [0.3, 0.4) is 0 Å². The number of methoxy groups -OCH3 is 4. The second-order valence-electron chi connectivity index (χ2n) is 5.16. The molecule has 0 aliphatic carbocycles. The topological polar surface area (TPSA) is 87.6 Å². The fourth-order valence-corrected chi connectivity index (χ4v) is 2.31. The Kier molecular flexibility index (Phi) is 7.30. The second-order valence-corrected chi connectivity index (χ2v) is 5.16. The Hall–Kier alpha value is -3.42. The van der Waals surface area contributed by atoms with E-state index >= 15 is 0 Å². The fourth-order valence-electron chi connectivity index (χ4n) is 2.31. The molecule has 0 atom stereocenters. The van der Waals surface area contributed by atoms with Gasteiger partial charge in [0.15, 0.2) is 29.6 Å². The van der Waals surface area contributed by atoms with Gasteiger partial charge in [0, 0.05) is 5.56 Å². The molecule has 8 nitrogen and oxygen atoms in total. The molecule has 1 amide bonds. The molecule has 0 saturated carbocycles. The number of nitrogens with zero attached hydrogens (tertiary/aromatic N) is 1. The van der Waals surface area contributed by atoms with Crippen LogP contribution >= 0.6 is 0 Å². The van der Waals surface area contributed by atoms with Gasteiger partial charge < -0.3 is 23.7 Å². The van der Waals surface area contributed by atoms with Crippen molar-refractivity contribution in [2.75, 3.05) is 35.0 Å². The highest BCUT2D eigenvalue weighted by atomic mass is 16.5. The molecule has 2 aromatic rings. The number of ether oxygens (including phenoxy) is 5. The van der Waals surface area contributed by atoms with Gasteiger partial charge in [0.2, 0.25) is 5.75 Å². The van der Waals surface area contributed by atoms with Crippen molar-refractivity contribution >= 4 is 12.1 Å². The first-order valence-corrected chi connectivity index (χ1v) is 8.01. The van der Waals surface area contributed by atoms with E-state index in [0.717, 1.165) is 0 Å². The summed E-state index contributed by atoms with van der Waals surface area (Å²) in [6, 6.07) is 10.5. The molecule has 1 N–H and O–H groups in total. The standard InChI is InChI=1S/C19H22N2O6/c1-23-14-7-5-6-8-15(14)27-12-17(22)21-20-11-13-9-10-16(24-2)19(26-4)18(13)25-3/h5-11H,12H2,1-4H3,(H,21,22)/b20-11-. The van der Waals surface area contributed by atoms with Crippen molar-refractivity contribution in [1.82, 2.24) is 5.43 Å². The SMILES string of the molecule is COc1ccccc1OCC(=O)N/N=C\c1ccc(OC)c(OC)c1OC. The zero-order valence-electron chi connectivity index (χ0n) is 15.6. The van der Waals surface area contributed by atoms with Gasteiger partial charge in [0.05, 0.1) is 34.7 Å². The average Bonchev–Trinajstić information content (AvgIpc) is 2.71. The highest BCUT2D eigenvalue weighted by Gasteiger charge is 2.14. The van der Waals surface area contributed by atoms with Crippen LogP contribution in [-0.2, 0) is 4.79 Å². The Labute approximate surface area is 157 Å². The molecule has 0 radical (unpaired) electrons. The van der Waals surface area contributed by atoms with E-state index in [2.05, 4.69) is 10.5 Å². The summed E-state index contributed by atoms with van der Waals surface area (Å²) >= 11 is 0. The first-order valence-electron chi connectivity index (χ1n) is 8.01. The quantitative estimate of drug-likeness (QED) is 0.535. The molecule has 2 rings (SSSR count). The predicted octanol–water partition coefficient (Wildman–Crippen LogP) is 2.25. The van der Waals surface area contributed by atoms with E-state index in [0.29, 0.717) is 34.3 Å². The number of hydrazone groups is 1. The average molecular weight is 374 g/mol. The second kappa shape index (κ2) is 9.91. The lowest BCUT2D eigenvalue weighted by molar-refractivity contribution is -0.123. The smallest absolute Gasteiger partial charge is 0.277 e. The Morgan fingerprint density at radius 1 is 0.889 bits per heavy atom. The minimum atomic E-state index is -0.420. The Balaban J connectivity index is 1.99. The number of carbonyl (C=O) groups excluding carboxylic acids is 1. The van der Waals surface area contributed by atoms with Crippen molar-refractivity contribution in [1.29, 1.82) is 0 Å². The van der Waals surface area contributed by atoms with Gasteiger partial charge in [0.25, 0.3) is 5.91 Å². The van der Waals surface area contributed by atoms with Crippen molar-refractivity contribution < 1.29 is 28.5 Å². The molecular formula is C19H22N2O6. The minimum absolute atomic E-state index is 0.208. The highest BCUT2D eigenvalue weighted by molar-refractivity contribution is 5.87. The summed E-state index contributed by atoms with van der Waals surface area (Å²) in [5.41, 5.74) is 3.01. The van der Waals surface area contributed by atoms with Crippen molar-refractivity contribution in [2.45, 2.75) is 0 Å². The lowest BCUT2D eigenvalue weighted by Crippen LogP contribution is -2.24. The van der Waals surface area contributed by atoms with E-state index in [1.807, 2.05) is 6.07 Å². The van der Waals surface area contributed by atoms with Crippen LogP contribution in [0.4, 0.5) is 0 Å². The first kappa shape index (κ1) is 19.9. The van der Waals surface area contributed by atoms with Gasteiger partial charge in [-0.15, -0.1) is 0 Å². The van der Waals surface area contributed by atoms with Gasteiger partial charge in [-0.25, -0.2) is 5.43 Å². The molecule has 0 saturated heterocycles. The predicted molar refractivity (Wildman–Crippen MR) is 100 cm³/mol. The van der Waals surface area contributed by atoms with Crippen LogP contribution in [0, 0.1) is 0 Å². The number of hydrogen-bond donors (Lipinski definition) is 1. The number of amides is 1. The third kappa shape index (κ3) is 5.04. The Bertz CT molecular complexity index is 807. The largest absolute Gasteiger partial charge is 0.493 e. The number of hydrogen-bond acceptors (Lipinski definition) is 7. The van der Waals surface area contributed by atoms with Gasteiger partial charge >= 0.3 is 0 Å². The monoisotopic (exact) mass is 374 g/mol. The van der Waals surface area contributed by atoms with Crippen LogP contribution < -0.4 is 29.1 Å². The van der Waals surface area contributed by atoms with E-state index in [4.69, 9.17) is 23.7 Å². The van der Waals surface area contributed by atoms with E-state index < -0.39 is 5.91 Å². The molecule has 8 heteroatoms. The van der Waals surface area contributed by atoms with Crippen LogP contribution in [0.5, 0.6) is 28.7 Å². The van der Waals surface area contributed by atoms with Gasteiger partial charge in [-0.2, -0.15) is 5.10 Å². The maximum atomic E-state index is 11.9. The third-order valence-electron chi connectivity index (χ3n) is 3.56. The normalized spacial score (nSPS) is 10.4. The van der Waals surface area contributed by atoms with Gasteiger partial charge in [-0.3, -0.25) is 4.79 Å². The van der Waals surface area contributed by atoms with Crippen LogP contribution in [0.15, 0.2) is 41.5 Å². The molecule has 0 heterocycles. The zero-order valence-corrected chi connectivity index (χ0v) is 15.6. The lowest BCUT2D eigenvalue weighted by atomic mass is 10.2. The number of carbonyl (C=O) groups is 1. The Morgan fingerprint density at radius 3 is 2.19 bits per heavy atom. The summed E-state index contributed by atoms with van der Waals surface area (Å²) in [7, 11) is 6.09. The van der Waals surface area contributed by atoms with Crippen molar-refractivity contribution in [3.8, 4) is 28.7 Å². The van der Waals surface area contributed by atoms with Gasteiger partial charge in [0.1, 0.15) is 0 Å². The van der Waals surface area contributed by atoms with E-state index in [1.165, 1.54) is 34.7 Å². The molecule has 0 spiro atoms. The molecule has 144 valence electrons. The van der Waals surface area contributed by atoms with E-state index in [-0.39, 0.29) is 6.61 Å². The molecular weight excluding hydrogens is 352 g/mol. The summed E-state index contributed by atoms with van der Waals surface area (Å²) < 4.78 is 26.5. The number of nitrogens with one attached hydrogen (secondary N) is 1. The molecule has 27 heavy (non-hydrogen) atoms. The fraction of sp³-hybridized carbons (Fsp3) is 0.263. The van der Waals surface area contributed by atoms with Crippen LogP contribution in [0.1, 0.15) is 5.56 Å². The maximum absolute atomic E-state index is 11.9. The lowest BCUT2D eigenvalue weighted by Gasteiger charge is -2.13. The molecule has 0 unspecified atom stereocenters. The minimum Gasteiger partial charge on any atom is -0.493 e.